The Bertz CT molecular complexity index is 819. The molecule has 1 atom stereocenters. The van der Waals surface area contributed by atoms with E-state index in [0.29, 0.717) is 12.0 Å². The van der Waals surface area contributed by atoms with E-state index in [1.165, 1.54) is 12.1 Å². The lowest BCUT2D eigenvalue weighted by molar-refractivity contribution is -0.145. The third-order valence-electron chi connectivity index (χ3n) is 3.46. The number of esters is 1. The Kier molecular flexibility index (Phi) is 6.44. The number of hydrogen-bond acceptors (Lipinski definition) is 5. The van der Waals surface area contributed by atoms with E-state index in [2.05, 4.69) is 4.72 Å². The van der Waals surface area contributed by atoms with Gasteiger partial charge in [-0.25, -0.2) is 8.42 Å². The Labute approximate surface area is 146 Å². The molecule has 0 spiro atoms. The van der Waals surface area contributed by atoms with Crippen LogP contribution in [0, 0.1) is 0 Å². The second-order valence-corrected chi connectivity index (χ2v) is 7.02. The lowest BCUT2D eigenvalue weighted by Crippen LogP contribution is -2.34. The first-order valence-electron chi connectivity index (χ1n) is 7.77. The summed E-state index contributed by atoms with van der Waals surface area (Å²) >= 11 is 0. The SMILES string of the molecule is CC[C@H](OC(=O)CNS(=O)(=O)c1ccccc1)C(=O)c1ccccc1. The summed E-state index contributed by atoms with van der Waals surface area (Å²) in [5.74, 6) is -1.13. The standard InChI is InChI=1S/C18H19NO5S/c1-2-16(18(21)14-9-5-3-6-10-14)24-17(20)13-19-25(22,23)15-11-7-4-8-12-15/h3-12,16,19H,2,13H2,1H3/t16-/m0/s1. The van der Waals surface area contributed by atoms with Crippen LogP contribution in [-0.4, -0.2) is 32.8 Å². The maximum absolute atomic E-state index is 12.3. The fourth-order valence-corrected chi connectivity index (χ4v) is 3.14. The minimum atomic E-state index is -3.81. The Morgan fingerprint density at radius 1 is 1.00 bits per heavy atom. The van der Waals surface area contributed by atoms with Gasteiger partial charge in [-0.05, 0) is 18.6 Å². The Morgan fingerprint density at radius 2 is 1.56 bits per heavy atom. The summed E-state index contributed by atoms with van der Waals surface area (Å²) in [7, 11) is -3.81. The van der Waals surface area contributed by atoms with Crippen LogP contribution in [-0.2, 0) is 19.6 Å². The third kappa shape index (κ3) is 5.23. The number of Topliss-reactive ketones (excluding diaryl/α,β-unsaturated/α-hetero) is 1. The molecule has 1 N–H and O–H groups in total. The van der Waals surface area contributed by atoms with E-state index in [1.54, 1.807) is 55.5 Å². The number of hydrogen-bond donors (Lipinski definition) is 1. The average molecular weight is 361 g/mol. The molecule has 0 heterocycles. The summed E-state index contributed by atoms with van der Waals surface area (Å²) < 4.78 is 31.4. The minimum Gasteiger partial charge on any atom is -0.453 e. The van der Waals surface area contributed by atoms with E-state index in [9.17, 15) is 18.0 Å². The molecule has 0 aliphatic heterocycles. The molecule has 0 unspecified atom stereocenters. The van der Waals surface area contributed by atoms with Gasteiger partial charge in [0.1, 0.15) is 6.54 Å². The van der Waals surface area contributed by atoms with Crippen LogP contribution in [0.2, 0.25) is 0 Å². The van der Waals surface area contributed by atoms with Gasteiger partial charge in [0, 0.05) is 5.56 Å². The van der Waals surface area contributed by atoms with Gasteiger partial charge in [-0.1, -0.05) is 55.5 Å². The zero-order chi connectivity index (χ0) is 18.3. The van der Waals surface area contributed by atoms with Gasteiger partial charge in [-0.15, -0.1) is 0 Å². The molecule has 7 heteroatoms. The monoisotopic (exact) mass is 361 g/mol. The number of benzene rings is 2. The highest BCUT2D eigenvalue weighted by Gasteiger charge is 2.23. The summed E-state index contributed by atoms with van der Waals surface area (Å²) in [6.07, 6.45) is -0.651. The molecule has 0 aliphatic carbocycles. The van der Waals surface area contributed by atoms with E-state index in [1.807, 2.05) is 0 Å². The minimum absolute atomic E-state index is 0.0511. The zero-order valence-corrected chi connectivity index (χ0v) is 14.5. The largest absolute Gasteiger partial charge is 0.453 e. The van der Waals surface area contributed by atoms with Gasteiger partial charge in [-0.2, -0.15) is 4.72 Å². The lowest BCUT2D eigenvalue weighted by Gasteiger charge is -2.15. The number of ether oxygens (including phenoxy) is 1. The second kappa shape index (κ2) is 8.55. The Hall–Kier alpha value is -2.51. The first kappa shape index (κ1) is 18.8. The van der Waals surface area contributed by atoms with E-state index in [-0.39, 0.29) is 10.7 Å². The predicted octanol–water partition coefficient (Wildman–Crippen LogP) is 2.17. The van der Waals surface area contributed by atoms with Crippen LogP contribution in [0.4, 0.5) is 0 Å². The van der Waals surface area contributed by atoms with Gasteiger partial charge in [0.15, 0.2) is 6.10 Å². The van der Waals surface area contributed by atoms with E-state index in [4.69, 9.17) is 4.74 Å². The summed E-state index contributed by atoms with van der Waals surface area (Å²) in [5, 5.41) is 0. The van der Waals surface area contributed by atoms with Crippen LogP contribution >= 0.6 is 0 Å². The summed E-state index contributed by atoms with van der Waals surface area (Å²) in [4.78, 5) is 24.3. The molecule has 0 fully saturated rings. The quantitative estimate of drug-likeness (QED) is 0.575. The Morgan fingerprint density at radius 3 is 2.12 bits per heavy atom. The van der Waals surface area contributed by atoms with Crippen molar-refractivity contribution >= 4 is 21.8 Å². The summed E-state index contributed by atoms with van der Waals surface area (Å²) in [6, 6.07) is 16.2. The van der Waals surface area contributed by atoms with Crippen molar-refractivity contribution in [3.8, 4) is 0 Å². The molecule has 2 aromatic rings. The van der Waals surface area contributed by atoms with Crippen molar-refractivity contribution in [1.82, 2.24) is 4.72 Å². The maximum Gasteiger partial charge on any atom is 0.321 e. The number of carbonyl (C=O) groups excluding carboxylic acids is 2. The van der Waals surface area contributed by atoms with Gasteiger partial charge in [0.2, 0.25) is 15.8 Å². The smallest absolute Gasteiger partial charge is 0.321 e. The molecule has 6 nitrogen and oxygen atoms in total. The van der Waals surface area contributed by atoms with Crippen LogP contribution in [0.25, 0.3) is 0 Å². The van der Waals surface area contributed by atoms with Crippen molar-refractivity contribution in [2.45, 2.75) is 24.3 Å². The zero-order valence-electron chi connectivity index (χ0n) is 13.7. The van der Waals surface area contributed by atoms with Crippen molar-refractivity contribution < 1.29 is 22.7 Å². The highest BCUT2D eigenvalue weighted by molar-refractivity contribution is 7.89. The molecule has 0 radical (unpaired) electrons. The fraction of sp³-hybridized carbons (Fsp3) is 0.222. The van der Waals surface area contributed by atoms with Crippen LogP contribution in [0.3, 0.4) is 0 Å². The molecule has 2 rings (SSSR count). The molecule has 2 aromatic carbocycles. The molecule has 0 aliphatic rings. The Balaban J connectivity index is 1.96. The number of sulfonamides is 1. The van der Waals surface area contributed by atoms with Crippen molar-refractivity contribution in [1.29, 1.82) is 0 Å². The van der Waals surface area contributed by atoms with Crippen molar-refractivity contribution in [3.05, 3.63) is 66.2 Å². The topological polar surface area (TPSA) is 89.5 Å². The van der Waals surface area contributed by atoms with Crippen molar-refractivity contribution in [2.24, 2.45) is 0 Å². The number of rotatable bonds is 8. The van der Waals surface area contributed by atoms with E-state index < -0.39 is 28.6 Å². The molecule has 0 saturated heterocycles. The van der Waals surface area contributed by atoms with Crippen LogP contribution < -0.4 is 4.72 Å². The van der Waals surface area contributed by atoms with Crippen molar-refractivity contribution in [2.75, 3.05) is 6.54 Å². The molecule has 0 bridgehead atoms. The van der Waals surface area contributed by atoms with Gasteiger partial charge in [0.25, 0.3) is 0 Å². The highest BCUT2D eigenvalue weighted by Crippen LogP contribution is 2.10. The second-order valence-electron chi connectivity index (χ2n) is 5.25. The number of nitrogens with one attached hydrogen (secondary N) is 1. The summed E-state index contributed by atoms with van der Waals surface area (Å²) in [6.45, 7) is 1.17. The normalized spacial score (nSPS) is 12.4. The third-order valence-corrected chi connectivity index (χ3v) is 4.87. The molecule has 132 valence electrons. The van der Waals surface area contributed by atoms with Crippen LogP contribution in [0.1, 0.15) is 23.7 Å². The fourth-order valence-electron chi connectivity index (χ4n) is 2.15. The molecule has 0 saturated carbocycles. The molecular formula is C18H19NO5S. The van der Waals surface area contributed by atoms with Crippen LogP contribution in [0.15, 0.2) is 65.6 Å². The van der Waals surface area contributed by atoms with Gasteiger partial charge in [-0.3, -0.25) is 9.59 Å². The lowest BCUT2D eigenvalue weighted by atomic mass is 10.0. The predicted molar refractivity (Wildman–Crippen MR) is 92.6 cm³/mol. The van der Waals surface area contributed by atoms with Crippen molar-refractivity contribution in [3.63, 3.8) is 0 Å². The molecule has 0 aromatic heterocycles. The molecular weight excluding hydrogens is 342 g/mol. The molecule has 25 heavy (non-hydrogen) atoms. The van der Waals surface area contributed by atoms with Gasteiger partial charge < -0.3 is 4.74 Å². The molecule has 0 amide bonds. The first-order chi connectivity index (χ1) is 11.9. The summed E-state index contributed by atoms with van der Waals surface area (Å²) in [5.41, 5.74) is 0.437. The average Bonchev–Trinajstić information content (AvgIpc) is 2.65. The van der Waals surface area contributed by atoms with Gasteiger partial charge >= 0.3 is 5.97 Å². The van der Waals surface area contributed by atoms with Crippen LogP contribution in [0.5, 0.6) is 0 Å². The van der Waals surface area contributed by atoms with E-state index in [0.717, 1.165) is 0 Å². The first-order valence-corrected chi connectivity index (χ1v) is 9.26. The van der Waals surface area contributed by atoms with E-state index >= 15 is 0 Å². The number of carbonyl (C=O) groups is 2. The highest BCUT2D eigenvalue weighted by atomic mass is 32.2. The number of ketones is 1. The van der Waals surface area contributed by atoms with Gasteiger partial charge in [0.05, 0.1) is 4.90 Å². The maximum atomic E-state index is 12.3.